The molecule has 1 N–H and O–H groups in total. The average molecular weight is 534 g/mol. The molecule has 0 amide bonds. The molecule has 4 aromatic rings. The Morgan fingerprint density at radius 1 is 0.850 bits per heavy atom. The van der Waals surface area contributed by atoms with Gasteiger partial charge in [0.05, 0.1) is 5.69 Å². The second-order valence-corrected chi connectivity index (χ2v) is 9.81. The van der Waals surface area contributed by atoms with Gasteiger partial charge in [-0.3, -0.25) is 0 Å². The first-order chi connectivity index (χ1) is 19.3. The monoisotopic (exact) mass is 533 g/mol. The van der Waals surface area contributed by atoms with Crippen LogP contribution in [0.15, 0.2) is 109 Å². The van der Waals surface area contributed by atoms with Crippen molar-refractivity contribution in [1.29, 1.82) is 0 Å². The van der Waals surface area contributed by atoms with Crippen LogP contribution in [0.25, 0.3) is 12.2 Å². The number of carbonyl (C=O) groups excluding carboxylic acids is 1. The van der Waals surface area contributed by atoms with Crippen LogP contribution < -0.4 is 9.64 Å². The number of rotatable bonds is 11. The number of hydrogen-bond donors (Lipinski definition) is 1. The number of aryl methyl sites for hydroxylation is 2. The zero-order valence-corrected chi connectivity index (χ0v) is 23.2. The molecule has 5 nitrogen and oxygen atoms in total. The maximum atomic E-state index is 11.7. The first kappa shape index (κ1) is 28.4. The first-order valence-corrected chi connectivity index (χ1v) is 13.2. The van der Waals surface area contributed by atoms with Gasteiger partial charge < -0.3 is 19.5 Å². The molecule has 0 aromatic heterocycles. The van der Waals surface area contributed by atoms with E-state index in [0.717, 1.165) is 28.2 Å². The highest BCUT2D eigenvalue weighted by molar-refractivity contribution is 5.87. The maximum Gasteiger partial charge on any atom is 0.333 e. The van der Waals surface area contributed by atoms with Crippen molar-refractivity contribution in [1.82, 2.24) is 0 Å². The molecule has 0 radical (unpaired) electrons. The smallest absolute Gasteiger partial charge is 0.333 e. The van der Waals surface area contributed by atoms with E-state index in [-0.39, 0.29) is 18.8 Å². The highest BCUT2D eigenvalue weighted by Crippen LogP contribution is 2.39. The van der Waals surface area contributed by atoms with Gasteiger partial charge in [-0.1, -0.05) is 84.5 Å². The van der Waals surface area contributed by atoms with Gasteiger partial charge in [-0.05, 0) is 68.3 Å². The lowest BCUT2D eigenvalue weighted by molar-refractivity contribution is -0.142. The van der Waals surface area contributed by atoms with Crippen molar-refractivity contribution in [2.45, 2.75) is 26.9 Å². The Hall–Kier alpha value is -4.61. The highest BCUT2D eigenvalue weighted by atomic mass is 16.5. The van der Waals surface area contributed by atoms with E-state index < -0.39 is 12.1 Å². The van der Waals surface area contributed by atoms with Gasteiger partial charge in [0, 0.05) is 23.0 Å². The summed E-state index contributed by atoms with van der Waals surface area (Å²) in [6.45, 7) is 9.06. The predicted octanol–water partition coefficient (Wildman–Crippen LogP) is 7.80. The summed E-state index contributed by atoms with van der Waals surface area (Å²) in [6.07, 6.45) is 3.20. The molecule has 40 heavy (non-hydrogen) atoms. The van der Waals surface area contributed by atoms with Crippen LogP contribution >= 0.6 is 0 Å². The van der Waals surface area contributed by atoms with Gasteiger partial charge in [-0.25, -0.2) is 4.79 Å². The summed E-state index contributed by atoms with van der Waals surface area (Å²) in [6, 6.07) is 32.8. The van der Waals surface area contributed by atoms with Gasteiger partial charge in [0.1, 0.15) is 25.1 Å². The summed E-state index contributed by atoms with van der Waals surface area (Å²) < 4.78 is 11.0. The molecule has 1 unspecified atom stereocenters. The molecule has 0 aliphatic carbocycles. The van der Waals surface area contributed by atoms with E-state index in [1.165, 1.54) is 11.1 Å². The van der Waals surface area contributed by atoms with Gasteiger partial charge in [-0.15, -0.1) is 0 Å². The van der Waals surface area contributed by atoms with Crippen LogP contribution in [0.5, 0.6) is 5.75 Å². The van der Waals surface area contributed by atoms with Crippen molar-refractivity contribution in [3.63, 3.8) is 0 Å². The third-order valence-electron chi connectivity index (χ3n) is 6.28. The highest BCUT2D eigenvalue weighted by Gasteiger charge is 2.17. The van der Waals surface area contributed by atoms with Crippen LogP contribution in [0.4, 0.5) is 17.1 Å². The quantitative estimate of drug-likeness (QED) is 0.121. The molecular weight excluding hydrogens is 498 g/mol. The third-order valence-corrected chi connectivity index (χ3v) is 6.28. The largest absolute Gasteiger partial charge is 0.491 e. The second-order valence-electron chi connectivity index (χ2n) is 9.81. The minimum absolute atomic E-state index is 0.0306. The average Bonchev–Trinajstić information content (AvgIpc) is 2.96. The van der Waals surface area contributed by atoms with Crippen LogP contribution in [-0.4, -0.2) is 30.4 Å². The number of aliphatic hydroxyl groups is 1. The number of ether oxygens (including phenoxy) is 2. The van der Waals surface area contributed by atoms with Gasteiger partial charge >= 0.3 is 5.97 Å². The molecule has 0 aliphatic rings. The standard InChI is InChI=1S/C35H35NO4/c1-25(2)35(38)40-24-32(37)23-39-33-21-16-29(15-14-28-8-6-5-7-9-28)34(22-33)36(30-17-10-26(3)11-18-30)31-19-12-27(4)13-20-31/h5-22,32,37H,1,23-24H2,2-4H3/b15-14-. The van der Waals surface area contributed by atoms with Gasteiger partial charge in [0.15, 0.2) is 0 Å². The van der Waals surface area contributed by atoms with Crippen LogP contribution in [0.3, 0.4) is 0 Å². The van der Waals surface area contributed by atoms with Gasteiger partial charge in [0.2, 0.25) is 0 Å². The zero-order chi connectivity index (χ0) is 28.5. The minimum Gasteiger partial charge on any atom is -0.491 e. The molecule has 1 atom stereocenters. The molecule has 5 heteroatoms. The Morgan fingerprint density at radius 2 is 1.45 bits per heavy atom. The van der Waals surface area contributed by atoms with E-state index in [9.17, 15) is 9.90 Å². The zero-order valence-electron chi connectivity index (χ0n) is 23.2. The molecule has 0 heterocycles. The third kappa shape index (κ3) is 7.71. The molecule has 0 bridgehead atoms. The SMILES string of the molecule is C=C(C)C(=O)OCC(O)COc1ccc(/C=C\c2ccccc2)c(N(c2ccc(C)cc2)c2ccc(C)cc2)c1. The Balaban J connectivity index is 1.71. The van der Waals surface area contributed by atoms with Crippen molar-refractivity contribution in [2.24, 2.45) is 0 Å². The summed E-state index contributed by atoms with van der Waals surface area (Å²) in [5.41, 5.74) is 7.65. The van der Waals surface area contributed by atoms with E-state index in [1.807, 2.05) is 36.4 Å². The van der Waals surface area contributed by atoms with E-state index in [4.69, 9.17) is 9.47 Å². The lowest BCUT2D eigenvalue weighted by Gasteiger charge is -2.28. The van der Waals surface area contributed by atoms with Gasteiger partial charge in [0.25, 0.3) is 0 Å². The summed E-state index contributed by atoms with van der Waals surface area (Å²) in [5.74, 6) is 0.0455. The molecule has 4 aromatic carbocycles. The fourth-order valence-corrected chi connectivity index (χ4v) is 4.05. The lowest BCUT2D eigenvalue weighted by Crippen LogP contribution is -2.25. The maximum absolute atomic E-state index is 11.7. The van der Waals surface area contributed by atoms with E-state index in [2.05, 4.69) is 98.1 Å². The number of aliphatic hydroxyl groups excluding tert-OH is 1. The fourth-order valence-electron chi connectivity index (χ4n) is 4.05. The Kier molecular flexibility index (Phi) is 9.55. The Bertz CT molecular complexity index is 1410. The summed E-state index contributed by atoms with van der Waals surface area (Å²) in [7, 11) is 0. The molecular formula is C35H35NO4. The fraction of sp³-hybridized carbons (Fsp3) is 0.171. The number of benzene rings is 4. The van der Waals surface area contributed by atoms with Crippen molar-refractivity contribution < 1.29 is 19.4 Å². The normalized spacial score (nSPS) is 11.7. The molecule has 0 saturated carbocycles. The number of carbonyl (C=O) groups is 1. The number of hydrogen-bond acceptors (Lipinski definition) is 5. The Morgan fingerprint density at radius 3 is 2.02 bits per heavy atom. The summed E-state index contributed by atoms with van der Waals surface area (Å²) >= 11 is 0. The van der Waals surface area contributed by atoms with E-state index >= 15 is 0 Å². The van der Waals surface area contributed by atoms with Crippen molar-refractivity contribution in [2.75, 3.05) is 18.1 Å². The Labute approximate surface area is 236 Å². The summed E-state index contributed by atoms with van der Waals surface area (Å²) in [4.78, 5) is 13.9. The van der Waals surface area contributed by atoms with E-state index in [1.54, 1.807) is 6.92 Å². The van der Waals surface area contributed by atoms with Gasteiger partial charge in [-0.2, -0.15) is 0 Å². The van der Waals surface area contributed by atoms with Crippen LogP contribution in [0.2, 0.25) is 0 Å². The molecule has 0 spiro atoms. The van der Waals surface area contributed by atoms with Crippen LogP contribution in [0.1, 0.15) is 29.2 Å². The molecule has 0 fully saturated rings. The first-order valence-electron chi connectivity index (χ1n) is 13.2. The van der Waals surface area contributed by atoms with Crippen molar-refractivity contribution in [3.8, 4) is 5.75 Å². The molecule has 0 aliphatic heterocycles. The predicted molar refractivity (Wildman–Crippen MR) is 163 cm³/mol. The number of anilines is 3. The topological polar surface area (TPSA) is 59.0 Å². The van der Waals surface area contributed by atoms with Crippen LogP contribution in [-0.2, 0) is 9.53 Å². The molecule has 4 rings (SSSR count). The van der Waals surface area contributed by atoms with Crippen molar-refractivity contribution >= 4 is 35.2 Å². The molecule has 0 saturated heterocycles. The lowest BCUT2D eigenvalue weighted by atomic mass is 10.1. The minimum atomic E-state index is -0.977. The number of esters is 1. The van der Waals surface area contributed by atoms with Crippen molar-refractivity contribution in [3.05, 3.63) is 131 Å². The second kappa shape index (κ2) is 13.5. The number of nitrogens with zero attached hydrogens (tertiary/aromatic N) is 1. The van der Waals surface area contributed by atoms with Crippen LogP contribution in [0, 0.1) is 13.8 Å². The summed E-state index contributed by atoms with van der Waals surface area (Å²) in [5, 5.41) is 10.3. The molecule has 204 valence electrons. The van der Waals surface area contributed by atoms with E-state index in [0.29, 0.717) is 5.75 Å².